The van der Waals surface area contributed by atoms with Crippen molar-refractivity contribution in [3.05, 3.63) is 35.9 Å². The monoisotopic (exact) mass is 503 g/mol. The number of morpholine rings is 1. The number of hydrogen-bond donors (Lipinski definition) is 0. The second-order valence-electron chi connectivity index (χ2n) is 10.7. The lowest BCUT2D eigenvalue weighted by Crippen LogP contribution is -2.42. The molecule has 1 unspecified atom stereocenters. The molecule has 2 rings (SSSR count). The average Bonchev–Trinajstić information content (AvgIpc) is 2.73. The quantitative estimate of drug-likeness (QED) is 0.325. The molecule has 1 atom stereocenters. The first-order valence-electron chi connectivity index (χ1n) is 11.4. The third-order valence-electron chi connectivity index (χ3n) is 4.62. The molecular formula is C24H42NO4PS2. The second-order valence-corrected chi connectivity index (χ2v) is 17.1. The minimum Gasteiger partial charge on any atom is -0.379 e. The van der Waals surface area contributed by atoms with E-state index in [1.165, 1.54) is 5.56 Å². The van der Waals surface area contributed by atoms with Crippen molar-refractivity contribution >= 4 is 28.9 Å². The van der Waals surface area contributed by atoms with E-state index in [0.717, 1.165) is 38.6 Å². The first-order chi connectivity index (χ1) is 14.9. The Morgan fingerprint density at radius 1 is 1.00 bits per heavy atom. The molecular weight excluding hydrogens is 461 g/mol. The van der Waals surface area contributed by atoms with Crippen LogP contribution in [0, 0.1) is 10.8 Å². The zero-order chi connectivity index (χ0) is 23.7. The second kappa shape index (κ2) is 13.2. The van der Waals surface area contributed by atoms with E-state index in [1.807, 2.05) is 18.2 Å². The molecule has 1 aromatic carbocycles. The van der Waals surface area contributed by atoms with Crippen molar-refractivity contribution in [2.24, 2.45) is 10.8 Å². The topological polar surface area (TPSA) is 40.2 Å². The molecule has 184 valence electrons. The highest BCUT2D eigenvalue weighted by atomic mass is 32.9. The molecule has 0 aliphatic carbocycles. The molecule has 5 nitrogen and oxygen atoms in total. The largest absolute Gasteiger partial charge is 0.379 e. The third kappa shape index (κ3) is 12.5. The van der Waals surface area contributed by atoms with E-state index in [-0.39, 0.29) is 16.9 Å². The van der Waals surface area contributed by atoms with Crippen LogP contribution in [-0.4, -0.2) is 62.8 Å². The molecule has 1 saturated heterocycles. The number of ether oxygens (including phenoxy) is 2. The Morgan fingerprint density at radius 2 is 1.56 bits per heavy atom. The van der Waals surface area contributed by atoms with Gasteiger partial charge < -0.3 is 18.5 Å². The van der Waals surface area contributed by atoms with Crippen molar-refractivity contribution in [2.45, 2.75) is 54.3 Å². The Balaban J connectivity index is 2.03. The molecule has 0 aromatic heterocycles. The minimum absolute atomic E-state index is 0.0344. The Labute approximate surface area is 204 Å². The maximum atomic E-state index is 6.37. The Hall–Kier alpha value is 0.0200. The highest BCUT2D eigenvalue weighted by Gasteiger charge is 2.28. The zero-order valence-corrected chi connectivity index (χ0v) is 23.2. The number of rotatable bonds is 12. The molecule has 0 saturated carbocycles. The van der Waals surface area contributed by atoms with Gasteiger partial charge in [-0.25, -0.2) is 0 Å². The van der Waals surface area contributed by atoms with Gasteiger partial charge in [0, 0.05) is 25.4 Å². The molecule has 1 heterocycles. The molecule has 0 spiro atoms. The van der Waals surface area contributed by atoms with E-state index in [1.54, 1.807) is 11.4 Å². The summed E-state index contributed by atoms with van der Waals surface area (Å²) in [5.41, 5.74) is -1.24. The van der Waals surface area contributed by atoms with E-state index >= 15 is 0 Å². The fourth-order valence-electron chi connectivity index (χ4n) is 2.85. The van der Waals surface area contributed by atoms with Crippen molar-refractivity contribution in [1.29, 1.82) is 0 Å². The van der Waals surface area contributed by atoms with Gasteiger partial charge in [0.15, 0.2) is 0 Å². The van der Waals surface area contributed by atoms with Crippen molar-refractivity contribution < 1.29 is 18.5 Å². The van der Waals surface area contributed by atoms with Crippen molar-refractivity contribution in [3.63, 3.8) is 0 Å². The van der Waals surface area contributed by atoms with E-state index < -0.39 is 5.69 Å². The normalized spacial score (nSPS) is 17.4. The van der Waals surface area contributed by atoms with E-state index in [0.29, 0.717) is 19.8 Å². The van der Waals surface area contributed by atoms with Crippen LogP contribution < -0.4 is 0 Å². The summed E-state index contributed by atoms with van der Waals surface area (Å²) in [5, 5.41) is 0. The van der Waals surface area contributed by atoms with Gasteiger partial charge in [0.1, 0.15) is 0 Å². The minimum atomic E-state index is -2.49. The van der Waals surface area contributed by atoms with E-state index in [9.17, 15) is 0 Å². The summed E-state index contributed by atoms with van der Waals surface area (Å²) in [7, 11) is 0. The van der Waals surface area contributed by atoms with Crippen LogP contribution in [0.4, 0.5) is 0 Å². The van der Waals surface area contributed by atoms with Gasteiger partial charge in [-0.3, -0.25) is 4.90 Å². The zero-order valence-electron chi connectivity index (χ0n) is 20.7. The SMILES string of the molecule is CC(C)(C)COP(=S)(OCC(C)(C)C)SCC(CN1CCOCC1)OCc1ccccc1. The summed E-state index contributed by atoms with van der Waals surface area (Å²) in [4.78, 5) is 2.41. The lowest BCUT2D eigenvalue weighted by Gasteiger charge is -2.32. The Kier molecular flexibility index (Phi) is 11.7. The Morgan fingerprint density at radius 3 is 2.09 bits per heavy atom. The summed E-state index contributed by atoms with van der Waals surface area (Å²) in [6, 6.07) is 10.3. The fraction of sp³-hybridized carbons (Fsp3) is 0.750. The first kappa shape index (κ1) is 28.3. The molecule has 1 aliphatic rings. The lowest BCUT2D eigenvalue weighted by molar-refractivity contribution is -0.00918. The summed E-state index contributed by atoms with van der Waals surface area (Å²) in [6.07, 6.45) is 0.0390. The van der Waals surface area contributed by atoms with Gasteiger partial charge in [-0.05, 0) is 28.2 Å². The maximum absolute atomic E-state index is 6.37. The average molecular weight is 504 g/mol. The van der Waals surface area contributed by atoms with Gasteiger partial charge >= 0.3 is 0 Å². The van der Waals surface area contributed by atoms with E-state index in [2.05, 4.69) is 58.6 Å². The van der Waals surface area contributed by atoms with Gasteiger partial charge in [0.25, 0.3) is 0 Å². The molecule has 32 heavy (non-hydrogen) atoms. The molecule has 1 aliphatic heterocycles. The highest BCUT2D eigenvalue weighted by Crippen LogP contribution is 2.62. The van der Waals surface area contributed by atoms with Crippen LogP contribution in [-0.2, 0) is 36.9 Å². The lowest BCUT2D eigenvalue weighted by atomic mass is 9.99. The Bertz CT molecular complexity index is 678. The summed E-state index contributed by atoms with van der Waals surface area (Å²) >= 11 is 7.61. The van der Waals surface area contributed by atoms with Gasteiger partial charge in [-0.1, -0.05) is 83.3 Å². The van der Waals surface area contributed by atoms with Gasteiger partial charge in [-0.2, -0.15) is 0 Å². The van der Waals surface area contributed by atoms with Gasteiger partial charge in [0.2, 0.25) is 5.69 Å². The first-order valence-corrected chi connectivity index (χ1v) is 15.7. The van der Waals surface area contributed by atoms with Crippen molar-refractivity contribution in [3.8, 4) is 0 Å². The molecule has 0 bridgehead atoms. The van der Waals surface area contributed by atoms with Gasteiger partial charge in [0.05, 0.1) is 39.1 Å². The highest BCUT2D eigenvalue weighted by molar-refractivity contribution is 8.67. The van der Waals surface area contributed by atoms with Crippen LogP contribution in [0.15, 0.2) is 30.3 Å². The van der Waals surface area contributed by atoms with Crippen LogP contribution in [0.2, 0.25) is 0 Å². The molecule has 1 aromatic rings. The van der Waals surface area contributed by atoms with Crippen LogP contribution >= 0.6 is 17.1 Å². The predicted molar refractivity (Wildman–Crippen MR) is 140 cm³/mol. The fourth-order valence-corrected chi connectivity index (χ4v) is 7.38. The van der Waals surface area contributed by atoms with E-state index in [4.69, 9.17) is 30.3 Å². The van der Waals surface area contributed by atoms with Crippen LogP contribution in [0.25, 0.3) is 0 Å². The summed E-state index contributed by atoms with van der Waals surface area (Å²) in [5.74, 6) is 0.746. The molecule has 8 heteroatoms. The molecule has 1 fully saturated rings. The van der Waals surface area contributed by atoms with Crippen LogP contribution in [0.5, 0.6) is 0 Å². The van der Waals surface area contributed by atoms with Crippen molar-refractivity contribution in [2.75, 3.05) is 51.8 Å². The molecule has 0 amide bonds. The molecule has 0 N–H and O–H groups in total. The molecule has 0 radical (unpaired) electrons. The summed E-state index contributed by atoms with van der Waals surface area (Å²) in [6.45, 7) is 19.0. The number of nitrogens with zero attached hydrogens (tertiary/aromatic N) is 1. The van der Waals surface area contributed by atoms with Crippen molar-refractivity contribution in [1.82, 2.24) is 4.90 Å². The smallest absolute Gasteiger partial charge is 0.247 e. The van der Waals surface area contributed by atoms with Crippen LogP contribution in [0.1, 0.15) is 47.1 Å². The number of benzene rings is 1. The van der Waals surface area contributed by atoms with Crippen LogP contribution in [0.3, 0.4) is 0 Å². The summed E-state index contributed by atoms with van der Waals surface area (Å²) < 4.78 is 24.4. The maximum Gasteiger partial charge on any atom is 0.247 e. The predicted octanol–water partition coefficient (Wildman–Crippen LogP) is 5.99. The van der Waals surface area contributed by atoms with Gasteiger partial charge in [-0.15, -0.1) is 0 Å². The number of hydrogen-bond acceptors (Lipinski definition) is 7. The third-order valence-corrected chi connectivity index (χ3v) is 9.96. The standard InChI is InChI=1S/C24H42NO4PS2/c1-23(2,3)19-28-30(31,29-20-24(4,5)6)32-18-22(16-25-12-14-26-15-13-25)27-17-21-10-8-7-9-11-21/h7-11,22H,12-20H2,1-6H3.